The maximum atomic E-state index is 12.6. The van der Waals surface area contributed by atoms with Crippen LogP contribution in [0.1, 0.15) is 24.2 Å². The van der Waals surface area contributed by atoms with Crippen LogP contribution in [-0.2, 0) is 0 Å². The summed E-state index contributed by atoms with van der Waals surface area (Å²) in [5, 5.41) is 0. The van der Waals surface area contributed by atoms with Gasteiger partial charge in [0.05, 0.1) is 17.4 Å². The first-order chi connectivity index (χ1) is 10.2. The number of pyridine rings is 1. The highest BCUT2D eigenvalue weighted by molar-refractivity contribution is 6.06. The Morgan fingerprint density at radius 3 is 2.33 bits per heavy atom. The summed E-state index contributed by atoms with van der Waals surface area (Å²) in [6.45, 7) is 5.97. The first-order valence-electron chi connectivity index (χ1n) is 7.20. The highest BCUT2D eigenvalue weighted by atomic mass is 16.2. The first-order valence-corrected chi connectivity index (χ1v) is 7.20. The molecule has 4 nitrogen and oxygen atoms in total. The third-order valence-corrected chi connectivity index (χ3v) is 3.55. The van der Waals surface area contributed by atoms with Gasteiger partial charge in [0.15, 0.2) is 0 Å². The third kappa shape index (κ3) is 3.40. The maximum absolute atomic E-state index is 12.6. The lowest BCUT2D eigenvalue weighted by Crippen LogP contribution is -2.27. The maximum Gasteiger partial charge on any atom is 0.259 e. The quantitative estimate of drug-likeness (QED) is 0.845. The SMILES string of the molecule is CCN(CC)c1cncc(C(=O)N(C)c2ccccc2)c1. The number of carbonyl (C=O) groups excluding carboxylic acids is 1. The molecule has 1 aromatic heterocycles. The molecular formula is C17H21N3O. The standard InChI is InChI=1S/C17H21N3O/c1-4-20(5-2)16-11-14(12-18-13-16)17(21)19(3)15-9-7-6-8-10-15/h6-13H,4-5H2,1-3H3. The molecule has 0 spiro atoms. The van der Waals surface area contributed by atoms with Crippen molar-refractivity contribution in [3.05, 3.63) is 54.4 Å². The van der Waals surface area contributed by atoms with E-state index in [0.717, 1.165) is 24.5 Å². The Balaban J connectivity index is 2.25. The highest BCUT2D eigenvalue weighted by Gasteiger charge is 2.15. The summed E-state index contributed by atoms with van der Waals surface area (Å²) >= 11 is 0. The molecule has 1 heterocycles. The molecule has 0 aliphatic heterocycles. The van der Waals surface area contributed by atoms with E-state index in [1.165, 1.54) is 0 Å². The minimum absolute atomic E-state index is 0.0530. The molecule has 0 unspecified atom stereocenters. The molecule has 110 valence electrons. The zero-order valence-corrected chi connectivity index (χ0v) is 12.8. The van der Waals surface area contributed by atoms with Crippen molar-refractivity contribution in [3.63, 3.8) is 0 Å². The molecule has 0 N–H and O–H groups in total. The summed E-state index contributed by atoms with van der Waals surface area (Å²) in [6.07, 6.45) is 3.42. The molecular weight excluding hydrogens is 262 g/mol. The molecule has 1 aromatic carbocycles. The van der Waals surface area contributed by atoms with Gasteiger partial charge in [0, 0.05) is 32.0 Å². The van der Waals surface area contributed by atoms with Gasteiger partial charge >= 0.3 is 0 Å². The Morgan fingerprint density at radius 2 is 1.71 bits per heavy atom. The molecule has 2 rings (SSSR count). The van der Waals surface area contributed by atoms with E-state index in [1.54, 1.807) is 24.3 Å². The Hall–Kier alpha value is -2.36. The van der Waals surface area contributed by atoms with Crippen LogP contribution < -0.4 is 9.80 Å². The van der Waals surface area contributed by atoms with E-state index in [9.17, 15) is 4.79 Å². The molecule has 0 saturated heterocycles. The van der Waals surface area contributed by atoms with Crippen LogP contribution >= 0.6 is 0 Å². The second-order valence-corrected chi connectivity index (χ2v) is 4.80. The number of aromatic nitrogens is 1. The van der Waals surface area contributed by atoms with E-state index in [-0.39, 0.29) is 5.91 Å². The van der Waals surface area contributed by atoms with Crippen LogP contribution in [0.2, 0.25) is 0 Å². The second kappa shape index (κ2) is 6.88. The number of hydrogen-bond donors (Lipinski definition) is 0. The lowest BCUT2D eigenvalue weighted by Gasteiger charge is -2.22. The smallest absolute Gasteiger partial charge is 0.259 e. The van der Waals surface area contributed by atoms with Gasteiger partial charge in [-0.1, -0.05) is 18.2 Å². The van der Waals surface area contributed by atoms with E-state index in [1.807, 2.05) is 36.4 Å². The molecule has 0 saturated carbocycles. The molecule has 1 amide bonds. The number of anilines is 2. The first kappa shape index (κ1) is 15.0. The number of hydrogen-bond acceptors (Lipinski definition) is 3. The summed E-state index contributed by atoms with van der Waals surface area (Å²) in [4.78, 5) is 20.6. The van der Waals surface area contributed by atoms with Crippen LogP contribution in [-0.4, -0.2) is 31.0 Å². The van der Waals surface area contributed by atoms with Gasteiger partial charge in [-0.05, 0) is 32.0 Å². The van der Waals surface area contributed by atoms with Crippen LogP contribution in [0.3, 0.4) is 0 Å². The van der Waals surface area contributed by atoms with Crippen molar-refractivity contribution in [2.45, 2.75) is 13.8 Å². The van der Waals surface area contributed by atoms with Gasteiger partial charge in [-0.15, -0.1) is 0 Å². The largest absolute Gasteiger partial charge is 0.371 e. The zero-order valence-electron chi connectivity index (χ0n) is 12.8. The number of amides is 1. The molecule has 0 atom stereocenters. The Kier molecular flexibility index (Phi) is 4.93. The number of nitrogens with zero attached hydrogens (tertiary/aromatic N) is 3. The van der Waals surface area contributed by atoms with Gasteiger partial charge in [0.25, 0.3) is 5.91 Å². The molecule has 0 fully saturated rings. The fraction of sp³-hybridized carbons (Fsp3) is 0.294. The Labute approximate surface area is 126 Å². The van der Waals surface area contributed by atoms with E-state index in [0.29, 0.717) is 5.56 Å². The minimum Gasteiger partial charge on any atom is -0.371 e. The molecule has 0 aliphatic rings. The van der Waals surface area contributed by atoms with E-state index < -0.39 is 0 Å². The van der Waals surface area contributed by atoms with Crippen molar-refractivity contribution >= 4 is 17.3 Å². The Morgan fingerprint density at radius 1 is 1.05 bits per heavy atom. The van der Waals surface area contributed by atoms with Crippen molar-refractivity contribution in [2.75, 3.05) is 29.9 Å². The number of benzene rings is 1. The van der Waals surface area contributed by atoms with Gasteiger partial charge in [-0.2, -0.15) is 0 Å². The fourth-order valence-corrected chi connectivity index (χ4v) is 2.27. The predicted octanol–water partition coefficient (Wildman–Crippen LogP) is 3.20. The van der Waals surface area contributed by atoms with Gasteiger partial charge in [0.1, 0.15) is 0 Å². The average molecular weight is 283 g/mol. The van der Waals surface area contributed by atoms with Gasteiger partial charge < -0.3 is 9.80 Å². The monoisotopic (exact) mass is 283 g/mol. The lowest BCUT2D eigenvalue weighted by atomic mass is 10.2. The molecule has 21 heavy (non-hydrogen) atoms. The highest BCUT2D eigenvalue weighted by Crippen LogP contribution is 2.18. The molecule has 0 aliphatic carbocycles. The van der Waals surface area contributed by atoms with Crippen molar-refractivity contribution in [1.82, 2.24) is 4.98 Å². The van der Waals surface area contributed by atoms with Crippen LogP contribution in [0.5, 0.6) is 0 Å². The number of rotatable bonds is 5. The Bertz CT molecular complexity index is 594. The summed E-state index contributed by atoms with van der Waals surface area (Å²) in [5.74, 6) is -0.0530. The minimum atomic E-state index is -0.0530. The van der Waals surface area contributed by atoms with Crippen molar-refractivity contribution in [3.8, 4) is 0 Å². The van der Waals surface area contributed by atoms with Crippen LogP contribution in [0, 0.1) is 0 Å². The van der Waals surface area contributed by atoms with Crippen LogP contribution in [0.25, 0.3) is 0 Å². The fourth-order valence-electron chi connectivity index (χ4n) is 2.27. The lowest BCUT2D eigenvalue weighted by molar-refractivity contribution is 0.0992. The van der Waals surface area contributed by atoms with Crippen molar-refractivity contribution < 1.29 is 4.79 Å². The average Bonchev–Trinajstić information content (AvgIpc) is 2.56. The van der Waals surface area contributed by atoms with Crippen molar-refractivity contribution in [2.24, 2.45) is 0 Å². The van der Waals surface area contributed by atoms with Gasteiger partial charge in [-0.25, -0.2) is 0 Å². The van der Waals surface area contributed by atoms with Crippen LogP contribution in [0.15, 0.2) is 48.8 Å². The number of para-hydroxylation sites is 1. The van der Waals surface area contributed by atoms with E-state index in [2.05, 4.69) is 23.7 Å². The zero-order chi connectivity index (χ0) is 15.2. The molecule has 0 radical (unpaired) electrons. The third-order valence-electron chi connectivity index (χ3n) is 3.55. The molecule has 2 aromatic rings. The second-order valence-electron chi connectivity index (χ2n) is 4.80. The number of carbonyl (C=O) groups is 1. The van der Waals surface area contributed by atoms with E-state index >= 15 is 0 Å². The van der Waals surface area contributed by atoms with Gasteiger partial charge in [0.2, 0.25) is 0 Å². The van der Waals surface area contributed by atoms with Crippen molar-refractivity contribution in [1.29, 1.82) is 0 Å². The van der Waals surface area contributed by atoms with E-state index in [4.69, 9.17) is 0 Å². The summed E-state index contributed by atoms with van der Waals surface area (Å²) < 4.78 is 0. The topological polar surface area (TPSA) is 36.4 Å². The van der Waals surface area contributed by atoms with Crippen LogP contribution in [0.4, 0.5) is 11.4 Å². The summed E-state index contributed by atoms with van der Waals surface area (Å²) in [7, 11) is 1.78. The molecule has 0 bridgehead atoms. The van der Waals surface area contributed by atoms with Gasteiger partial charge in [-0.3, -0.25) is 9.78 Å². The normalized spacial score (nSPS) is 10.2. The predicted molar refractivity (Wildman–Crippen MR) is 87.0 cm³/mol. The molecule has 4 heteroatoms. The summed E-state index contributed by atoms with van der Waals surface area (Å²) in [5.41, 5.74) is 2.45. The summed E-state index contributed by atoms with van der Waals surface area (Å²) in [6, 6.07) is 11.5.